The van der Waals surface area contributed by atoms with Crippen LogP contribution in [0.5, 0.6) is 11.5 Å². The predicted octanol–water partition coefficient (Wildman–Crippen LogP) is 4.63. The maximum atomic E-state index is 13.5. The number of hydrogen-bond acceptors (Lipinski definition) is 5. The lowest BCUT2D eigenvalue weighted by molar-refractivity contribution is 0.0503. The maximum Gasteiger partial charge on any atom is 0.272 e. The largest absolute Gasteiger partial charge is 0.493 e. The monoisotopic (exact) mass is 432 g/mol. The maximum absolute atomic E-state index is 13.5. The van der Waals surface area contributed by atoms with Crippen molar-refractivity contribution in [2.75, 3.05) is 26.9 Å². The Morgan fingerprint density at radius 3 is 2.88 bits per heavy atom. The van der Waals surface area contributed by atoms with E-state index in [1.807, 2.05) is 53.4 Å². The van der Waals surface area contributed by atoms with Crippen LogP contribution in [0.15, 0.2) is 67.3 Å². The van der Waals surface area contributed by atoms with Gasteiger partial charge in [0.2, 0.25) is 0 Å². The Morgan fingerprint density at radius 2 is 2.09 bits per heavy atom. The summed E-state index contributed by atoms with van der Waals surface area (Å²) in [5.41, 5.74) is 2.18. The van der Waals surface area contributed by atoms with Crippen LogP contribution in [-0.4, -0.2) is 48.8 Å². The Kier molecular flexibility index (Phi) is 7.02. The number of carbonyl (C=O) groups excluding carboxylic acids is 1. The first-order chi connectivity index (χ1) is 15.7. The minimum atomic E-state index is -0.114. The van der Waals surface area contributed by atoms with Crippen molar-refractivity contribution in [3.05, 3.63) is 78.5 Å². The fourth-order valence-electron chi connectivity index (χ4n) is 3.90. The zero-order chi connectivity index (χ0) is 22.3. The molecule has 0 aliphatic carbocycles. The molecule has 1 amide bonds. The molecular weight excluding hydrogens is 404 g/mol. The van der Waals surface area contributed by atoms with Crippen LogP contribution in [0.4, 0.5) is 0 Å². The third-order valence-corrected chi connectivity index (χ3v) is 5.51. The summed E-state index contributed by atoms with van der Waals surface area (Å²) in [7, 11) is 1.61. The summed E-state index contributed by atoms with van der Waals surface area (Å²) in [5, 5.41) is 1.01. The first kappa shape index (κ1) is 21.8. The Bertz CT molecular complexity index is 1090. The smallest absolute Gasteiger partial charge is 0.272 e. The highest BCUT2D eigenvalue weighted by molar-refractivity contribution is 5.95. The standard InChI is InChI=1S/C26H28N2O4/c1-3-14-32-24-13-10-19(16-25(24)30-2)17-28(18-21-8-6-15-31-21)26(29)23-12-11-20-7-4-5-9-22(20)27-23/h3-5,7,9-13,16,21H,1,6,8,14-15,17-18H2,2H3. The molecule has 1 aliphatic heterocycles. The molecule has 3 aromatic rings. The van der Waals surface area contributed by atoms with Gasteiger partial charge in [0.1, 0.15) is 12.3 Å². The van der Waals surface area contributed by atoms with E-state index in [1.54, 1.807) is 19.3 Å². The van der Waals surface area contributed by atoms with Crippen molar-refractivity contribution >= 4 is 16.8 Å². The number of rotatable bonds is 9. The molecule has 2 aromatic carbocycles. The molecule has 1 atom stereocenters. The van der Waals surface area contributed by atoms with Crippen LogP contribution in [0.2, 0.25) is 0 Å². The van der Waals surface area contributed by atoms with E-state index in [0.717, 1.165) is 35.9 Å². The van der Waals surface area contributed by atoms with E-state index < -0.39 is 0 Å². The molecule has 1 aromatic heterocycles. The Labute approximate surface area is 188 Å². The molecule has 32 heavy (non-hydrogen) atoms. The van der Waals surface area contributed by atoms with E-state index in [4.69, 9.17) is 14.2 Å². The van der Waals surface area contributed by atoms with Gasteiger partial charge in [0.05, 0.1) is 18.7 Å². The van der Waals surface area contributed by atoms with E-state index in [1.165, 1.54) is 0 Å². The number of para-hydroxylation sites is 1. The number of amides is 1. The molecule has 6 nitrogen and oxygen atoms in total. The summed E-state index contributed by atoms with van der Waals surface area (Å²) < 4.78 is 17.0. The molecule has 0 saturated carbocycles. The van der Waals surface area contributed by atoms with Gasteiger partial charge in [-0.3, -0.25) is 4.79 Å². The number of carbonyl (C=O) groups is 1. The Morgan fingerprint density at radius 1 is 1.22 bits per heavy atom. The molecule has 0 radical (unpaired) electrons. The lowest BCUT2D eigenvalue weighted by Gasteiger charge is -2.26. The minimum Gasteiger partial charge on any atom is -0.493 e. The molecule has 0 spiro atoms. The summed E-state index contributed by atoms with van der Waals surface area (Å²) >= 11 is 0. The van der Waals surface area contributed by atoms with Gasteiger partial charge >= 0.3 is 0 Å². The first-order valence-corrected chi connectivity index (χ1v) is 10.8. The lowest BCUT2D eigenvalue weighted by atomic mass is 10.1. The van der Waals surface area contributed by atoms with Crippen LogP contribution in [0.25, 0.3) is 10.9 Å². The third-order valence-electron chi connectivity index (χ3n) is 5.51. The Balaban J connectivity index is 1.59. The van der Waals surface area contributed by atoms with Crippen LogP contribution in [-0.2, 0) is 11.3 Å². The van der Waals surface area contributed by atoms with Crippen LogP contribution in [0.1, 0.15) is 28.9 Å². The van der Waals surface area contributed by atoms with Crippen molar-refractivity contribution < 1.29 is 19.0 Å². The van der Waals surface area contributed by atoms with Crippen molar-refractivity contribution in [3.63, 3.8) is 0 Å². The summed E-state index contributed by atoms with van der Waals surface area (Å²) in [6.45, 7) is 5.75. The first-order valence-electron chi connectivity index (χ1n) is 10.8. The summed E-state index contributed by atoms with van der Waals surface area (Å²) in [4.78, 5) is 19.9. The van der Waals surface area contributed by atoms with E-state index >= 15 is 0 Å². The van der Waals surface area contributed by atoms with E-state index in [9.17, 15) is 4.79 Å². The zero-order valence-corrected chi connectivity index (χ0v) is 18.3. The second-order valence-corrected chi connectivity index (χ2v) is 7.79. The van der Waals surface area contributed by atoms with Gasteiger partial charge in [-0.15, -0.1) is 0 Å². The second-order valence-electron chi connectivity index (χ2n) is 7.79. The van der Waals surface area contributed by atoms with E-state index in [-0.39, 0.29) is 12.0 Å². The van der Waals surface area contributed by atoms with Crippen molar-refractivity contribution in [2.45, 2.75) is 25.5 Å². The van der Waals surface area contributed by atoms with Gasteiger partial charge in [0, 0.05) is 25.1 Å². The van der Waals surface area contributed by atoms with Crippen LogP contribution in [0, 0.1) is 0 Å². The van der Waals surface area contributed by atoms with Gasteiger partial charge in [-0.2, -0.15) is 0 Å². The highest BCUT2D eigenvalue weighted by Gasteiger charge is 2.25. The summed E-state index contributed by atoms with van der Waals surface area (Å²) in [5.74, 6) is 1.15. The molecule has 1 fully saturated rings. The fourth-order valence-corrected chi connectivity index (χ4v) is 3.90. The van der Waals surface area contributed by atoms with Crippen LogP contribution < -0.4 is 9.47 Å². The lowest BCUT2D eigenvalue weighted by Crippen LogP contribution is -2.37. The number of benzene rings is 2. The molecule has 2 heterocycles. The molecule has 1 saturated heterocycles. The van der Waals surface area contributed by atoms with Crippen LogP contribution in [0.3, 0.4) is 0 Å². The Hall–Kier alpha value is -3.38. The average Bonchev–Trinajstić information content (AvgIpc) is 3.35. The highest BCUT2D eigenvalue weighted by atomic mass is 16.5. The molecule has 0 bridgehead atoms. The third kappa shape index (κ3) is 5.08. The van der Waals surface area contributed by atoms with Gasteiger partial charge in [-0.05, 0) is 42.7 Å². The second kappa shape index (κ2) is 10.3. The number of methoxy groups -OCH3 is 1. The quantitative estimate of drug-likeness (QED) is 0.462. The minimum absolute atomic E-state index is 0.0384. The predicted molar refractivity (Wildman–Crippen MR) is 124 cm³/mol. The molecule has 4 rings (SSSR count). The number of hydrogen-bond donors (Lipinski definition) is 0. The summed E-state index contributed by atoms with van der Waals surface area (Å²) in [6.07, 6.45) is 3.69. The van der Waals surface area contributed by atoms with Crippen molar-refractivity contribution in [3.8, 4) is 11.5 Å². The van der Waals surface area contributed by atoms with Crippen molar-refractivity contribution in [1.82, 2.24) is 9.88 Å². The SMILES string of the molecule is C=CCOc1ccc(CN(CC2CCCO2)C(=O)c2ccc3ccccc3n2)cc1OC. The van der Waals surface area contributed by atoms with Crippen LogP contribution >= 0.6 is 0 Å². The molecule has 1 unspecified atom stereocenters. The van der Waals surface area contributed by atoms with Gasteiger partial charge in [-0.1, -0.05) is 43.0 Å². The number of ether oxygens (including phenoxy) is 3. The normalized spacial score (nSPS) is 15.5. The molecule has 0 N–H and O–H groups in total. The van der Waals surface area contributed by atoms with E-state index in [2.05, 4.69) is 11.6 Å². The molecule has 166 valence electrons. The number of pyridine rings is 1. The van der Waals surface area contributed by atoms with Gasteiger partial charge in [0.15, 0.2) is 11.5 Å². The van der Waals surface area contributed by atoms with Gasteiger partial charge < -0.3 is 19.1 Å². The van der Waals surface area contributed by atoms with Crippen molar-refractivity contribution in [1.29, 1.82) is 0 Å². The van der Waals surface area contributed by atoms with Gasteiger partial charge in [0.25, 0.3) is 5.91 Å². The molecule has 1 aliphatic rings. The topological polar surface area (TPSA) is 60.9 Å². The number of nitrogens with zero attached hydrogens (tertiary/aromatic N) is 2. The van der Waals surface area contributed by atoms with E-state index in [0.29, 0.717) is 36.9 Å². The number of aromatic nitrogens is 1. The van der Waals surface area contributed by atoms with Crippen molar-refractivity contribution in [2.24, 2.45) is 0 Å². The molecule has 6 heteroatoms. The number of fused-ring (bicyclic) bond motifs is 1. The van der Waals surface area contributed by atoms with Gasteiger partial charge in [-0.25, -0.2) is 4.98 Å². The fraction of sp³-hybridized carbons (Fsp3) is 0.308. The highest BCUT2D eigenvalue weighted by Crippen LogP contribution is 2.29. The summed E-state index contributed by atoms with van der Waals surface area (Å²) in [6, 6.07) is 17.2. The zero-order valence-electron chi connectivity index (χ0n) is 18.3. The average molecular weight is 433 g/mol. The molecular formula is C26H28N2O4.